The SMILES string of the molecule is CCC(C)C(NS(=O)(=O)c1ccc(C)cc1)C(=O)N1CCC(C(=O)NCC2CCC(C(=O)O)CC2)CC1. The largest absolute Gasteiger partial charge is 0.481 e. The van der Waals surface area contributed by atoms with Gasteiger partial charge in [-0.1, -0.05) is 38.0 Å². The van der Waals surface area contributed by atoms with Crippen molar-refractivity contribution in [2.75, 3.05) is 19.6 Å². The van der Waals surface area contributed by atoms with Gasteiger partial charge in [-0.3, -0.25) is 14.4 Å². The number of rotatable bonds is 10. The van der Waals surface area contributed by atoms with Gasteiger partial charge in [-0.05, 0) is 69.4 Å². The quantitative estimate of drug-likeness (QED) is 0.422. The van der Waals surface area contributed by atoms with Crippen LogP contribution in [-0.4, -0.2) is 61.9 Å². The van der Waals surface area contributed by atoms with Gasteiger partial charge >= 0.3 is 5.97 Å². The van der Waals surface area contributed by atoms with Gasteiger partial charge in [0.25, 0.3) is 0 Å². The predicted molar refractivity (Wildman–Crippen MR) is 140 cm³/mol. The molecule has 2 unspecified atom stereocenters. The summed E-state index contributed by atoms with van der Waals surface area (Å²) in [5, 5.41) is 12.2. The molecular formula is C27H41N3O6S. The summed E-state index contributed by atoms with van der Waals surface area (Å²) in [5.74, 6) is -1.35. The number of hydrogen-bond donors (Lipinski definition) is 3. The standard InChI is InChI=1S/C27H41N3O6S/c1-4-19(3)24(29-37(35,36)23-11-5-18(2)6-12-23)26(32)30-15-13-21(14-16-30)25(31)28-17-20-7-9-22(10-8-20)27(33)34/h5-6,11-12,19-22,24,29H,4,7-10,13-17H2,1-3H3,(H,28,31)(H,33,34). The molecule has 2 amide bonds. The molecule has 37 heavy (non-hydrogen) atoms. The average Bonchev–Trinajstić information content (AvgIpc) is 2.90. The lowest BCUT2D eigenvalue weighted by molar-refractivity contribution is -0.143. The number of likely N-dealkylation sites (tertiary alicyclic amines) is 1. The van der Waals surface area contributed by atoms with Crippen molar-refractivity contribution in [2.24, 2.45) is 23.7 Å². The van der Waals surface area contributed by atoms with E-state index in [4.69, 9.17) is 5.11 Å². The second kappa shape index (κ2) is 12.9. The number of carboxylic acids is 1. The predicted octanol–water partition coefficient (Wildman–Crippen LogP) is 2.93. The topological polar surface area (TPSA) is 133 Å². The van der Waals surface area contributed by atoms with Crippen molar-refractivity contribution in [2.45, 2.75) is 76.7 Å². The van der Waals surface area contributed by atoms with Gasteiger partial charge < -0.3 is 15.3 Å². The van der Waals surface area contributed by atoms with Crippen LogP contribution >= 0.6 is 0 Å². The van der Waals surface area contributed by atoms with Crippen molar-refractivity contribution in [1.29, 1.82) is 0 Å². The zero-order valence-corrected chi connectivity index (χ0v) is 22.9. The number of carboxylic acid groups (broad SMARTS) is 1. The summed E-state index contributed by atoms with van der Waals surface area (Å²) >= 11 is 0. The molecule has 1 aromatic carbocycles. The Bertz CT molecular complexity index is 1040. The Balaban J connectivity index is 1.52. The van der Waals surface area contributed by atoms with Crippen molar-refractivity contribution in [1.82, 2.24) is 14.9 Å². The van der Waals surface area contributed by atoms with Crippen LogP contribution < -0.4 is 10.0 Å². The van der Waals surface area contributed by atoms with E-state index in [9.17, 15) is 22.8 Å². The van der Waals surface area contributed by atoms with Gasteiger partial charge in [-0.25, -0.2) is 8.42 Å². The summed E-state index contributed by atoms with van der Waals surface area (Å²) in [4.78, 5) is 39.1. The second-order valence-corrected chi connectivity index (χ2v) is 12.4. The minimum atomic E-state index is -3.86. The number of nitrogens with one attached hydrogen (secondary N) is 2. The van der Waals surface area contributed by atoms with Crippen LogP contribution in [0.3, 0.4) is 0 Å². The molecule has 9 nitrogen and oxygen atoms in total. The summed E-state index contributed by atoms with van der Waals surface area (Å²) in [6.07, 6.45) is 4.62. The number of aryl methyl sites for hydroxylation is 1. The average molecular weight is 536 g/mol. The molecular weight excluding hydrogens is 494 g/mol. The van der Waals surface area contributed by atoms with Gasteiger partial charge in [-0.2, -0.15) is 4.72 Å². The van der Waals surface area contributed by atoms with E-state index in [1.54, 1.807) is 17.0 Å². The smallest absolute Gasteiger partial charge is 0.306 e. The maximum absolute atomic E-state index is 13.4. The lowest BCUT2D eigenvalue weighted by Gasteiger charge is -2.35. The van der Waals surface area contributed by atoms with Crippen molar-refractivity contribution < 1.29 is 27.9 Å². The number of amides is 2. The molecule has 1 saturated carbocycles. The highest BCUT2D eigenvalue weighted by molar-refractivity contribution is 7.89. The molecule has 10 heteroatoms. The number of piperidine rings is 1. The molecule has 1 aromatic rings. The third kappa shape index (κ3) is 7.77. The molecule has 0 spiro atoms. The fourth-order valence-electron chi connectivity index (χ4n) is 5.16. The number of nitrogens with zero attached hydrogens (tertiary/aromatic N) is 1. The Hall–Kier alpha value is -2.46. The molecule has 0 radical (unpaired) electrons. The molecule has 1 aliphatic carbocycles. The van der Waals surface area contributed by atoms with Crippen molar-refractivity contribution in [3.05, 3.63) is 29.8 Å². The lowest BCUT2D eigenvalue weighted by atomic mass is 9.82. The molecule has 2 fully saturated rings. The highest BCUT2D eigenvalue weighted by Gasteiger charge is 2.35. The first-order valence-corrected chi connectivity index (χ1v) is 14.9. The highest BCUT2D eigenvalue weighted by Crippen LogP contribution is 2.29. The Labute approximate surface area is 220 Å². The fourth-order valence-corrected chi connectivity index (χ4v) is 6.46. The summed E-state index contributed by atoms with van der Waals surface area (Å²) in [7, 11) is -3.86. The number of carbonyl (C=O) groups excluding carboxylic acids is 2. The number of sulfonamides is 1. The molecule has 0 aromatic heterocycles. The Morgan fingerprint density at radius 3 is 2.14 bits per heavy atom. The zero-order chi connectivity index (χ0) is 27.2. The summed E-state index contributed by atoms with van der Waals surface area (Å²) in [5.41, 5.74) is 0.950. The molecule has 2 atom stereocenters. The molecule has 1 aliphatic heterocycles. The van der Waals surface area contributed by atoms with Crippen LogP contribution in [0.2, 0.25) is 0 Å². The number of hydrogen-bond acceptors (Lipinski definition) is 5. The Morgan fingerprint density at radius 1 is 1.00 bits per heavy atom. The fraction of sp³-hybridized carbons (Fsp3) is 0.667. The molecule has 206 valence electrons. The van der Waals surface area contributed by atoms with Gasteiger partial charge in [-0.15, -0.1) is 0 Å². The first-order valence-electron chi connectivity index (χ1n) is 13.4. The van der Waals surface area contributed by atoms with Gasteiger partial charge in [0.2, 0.25) is 21.8 Å². The molecule has 3 rings (SSSR count). The van der Waals surface area contributed by atoms with Crippen LogP contribution in [-0.2, 0) is 24.4 Å². The maximum atomic E-state index is 13.4. The second-order valence-electron chi connectivity index (χ2n) is 10.7. The van der Waals surface area contributed by atoms with Crippen molar-refractivity contribution >= 4 is 27.8 Å². The number of aliphatic carboxylic acids is 1. The van der Waals surface area contributed by atoms with Gasteiger partial charge in [0.05, 0.1) is 10.8 Å². The lowest BCUT2D eigenvalue weighted by Crippen LogP contribution is -2.54. The van der Waals surface area contributed by atoms with Crippen LogP contribution in [0.25, 0.3) is 0 Å². The van der Waals surface area contributed by atoms with Gasteiger partial charge in [0.1, 0.15) is 6.04 Å². The maximum Gasteiger partial charge on any atom is 0.306 e. The van der Waals surface area contributed by atoms with E-state index >= 15 is 0 Å². The van der Waals surface area contributed by atoms with Gasteiger partial charge in [0, 0.05) is 25.6 Å². The van der Waals surface area contributed by atoms with Crippen LogP contribution in [0.15, 0.2) is 29.2 Å². The summed E-state index contributed by atoms with van der Waals surface area (Å²) < 4.78 is 28.6. The normalized spacial score (nSPS) is 22.7. The van der Waals surface area contributed by atoms with Crippen LogP contribution in [0.1, 0.15) is 64.4 Å². The summed E-state index contributed by atoms with van der Waals surface area (Å²) in [6.45, 7) is 7.03. The van der Waals surface area contributed by atoms with E-state index in [1.807, 2.05) is 20.8 Å². The number of carbonyl (C=O) groups is 3. The third-order valence-corrected chi connectivity index (χ3v) is 9.49. The Kier molecular flexibility index (Phi) is 10.1. The van der Waals surface area contributed by atoms with Crippen LogP contribution in [0.4, 0.5) is 0 Å². The van der Waals surface area contributed by atoms with E-state index in [0.717, 1.165) is 18.4 Å². The van der Waals surface area contributed by atoms with E-state index in [1.165, 1.54) is 12.1 Å². The molecule has 0 bridgehead atoms. The van der Waals surface area contributed by atoms with Crippen molar-refractivity contribution in [3.63, 3.8) is 0 Å². The summed E-state index contributed by atoms with van der Waals surface area (Å²) in [6, 6.07) is 5.66. The Morgan fingerprint density at radius 2 is 1.59 bits per heavy atom. The monoisotopic (exact) mass is 535 g/mol. The van der Waals surface area contributed by atoms with E-state index in [-0.39, 0.29) is 34.5 Å². The number of benzene rings is 1. The van der Waals surface area contributed by atoms with Crippen LogP contribution in [0, 0.1) is 30.6 Å². The first kappa shape index (κ1) is 29.1. The van der Waals surface area contributed by atoms with Gasteiger partial charge in [0.15, 0.2) is 0 Å². The molecule has 3 N–H and O–H groups in total. The highest BCUT2D eigenvalue weighted by atomic mass is 32.2. The molecule has 1 heterocycles. The molecule has 1 saturated heterocycles. The van der Waals surface area contributed by atoms with E-state index < -0.39 is 22.0 Å². The van der Waals surface area contributed by atoms with Crippen molar-refractivity contribution in [3.8, 4) is 0 Å². The minimum Gasteiger partial charge on any atom is -0.481 e. The van der Waals surface area contributed by atoms with E-state index in [2.05, 4.69) is 10.0 Å². The van der Waals surface area contributed by atoms with Crippen LogP contribution in [0.5, 0.6) is 0 Å². The van der Waals surface area contributed by atoms with E-state index in [0.29, 0.717) is 57.7 Å². The minimum absolute atomic E-state index is 0.0222. The molecule has 2 aliphatic rings. The zero-order valence-electron chi connectivity index (χ0n) is 22.1. The first-order chi connectivity index (χ1) is 17.5. The third-order valence-electron chi connectivity index (χ3n) is 8.03.